The van der Waals surface area contributed by atoms with Gasteiger partial charge in [0.1, 0.15) is 5.75 Å². The van der Waals surface area contributed by atoms with Crippen LogP contribution in [0.25, 0.3) is 0 Å². The van der Waals surface area contributed by atoms with Gasteiger partial charge in [-0.15, -0.1) is 0 Å². The number of benzene rings is 1. The monoisotopic (exact) mass is 230 g/mol. The highest BCUT2D eigenvalue weighted by Gasteiger charge is 2.07. The van der Waals surface area contributed by atoms with E-state index >= 15 is 0 Å². The van der Waals surface area contributed by atoms with Crippen LogP contribution in [-0.4, -0.2) is 12.2 Å². The lowest BCUT2D eigenvalue weighted by atomic mass is 10.1. The van der Waals surface area contributed by atoms with E-state index < -0.39 is 6.10 Å². The van der Waals surface area contributed by atoms with Crippen LogP contribution in [0, 0.1) is 0 Å². The Morgan fingerprint density at radius 1 is 1.50 bits per heavy atom. The van der Waals surface area contributed by atoms with E-state index in [0.717, 1.165) is 10.0 Å². The fourth-order valence-electron chi connectivity index (χ4n) is 1.03. The van der Waals surface area contributed by atoms with Crippen molar-refractivity contribution in [1.82, 2.24) is 0 Å². The summed E-state index contributed by atoms with van der Waals surface area (Å²) in [5.74, 6) is 0.708. The van der Waals surface area contributed by atoms with Crippen LogP contribution < -0.4 is 4.74 Å². The number of halogens is 1. The van der Waals surface area contributed by atoms with Gasteiger partial charge in [-0.05, 0) is 19.1 Å². The fourth-order valence-corrected chi connectivity index (χ4v) is 1.37. The van der Waals surface area contributed by atoms with Crippen LogP contribution in [0.15, 0.2) is 22.7 Å². The molecule has 1 aromatic rings. The van der Waals surface area contributed by atoms with Crippen molar-refractivity contribution >= 4 is 15.9 Å². The van der Waals surface area contributed by atoms with E-state index in [1.165, 1.54) is 0 Å². The van der Waals surface area contributed by atoms with Gasteiger partial charge in [-0.3, -0.25) is 0 Å². The van der Waals surface area contributed by atoms with Crippen molar-refractivity contribution < 1.29 is 9.84 Å². The maximum absolute atomic E-state index is 9.33. The predicted octanol–water partition coefficient (Wildman–Crippen LogP) is 2.51. The second-order valence-electron chi connectivity index (χ2n) is 2.56. The van der Waals surface area contributed by atoms with Gasteiger partial charge in [-0.25, -0.2) is 0 Å². The van der Waals surface area contributed by atoms with Gasteiger partial charge in [0.05, 0.1) is 13.2 Å². The summed E-state index contributed by atoms with van der Waals surface area (Å²) >= 11 is 3.32. The minimum absolute atomic E-state index is 0.493. The largest absolute Gasteiger partial charge is 0.496 e. The van der Waals surface area contributed by atoms with Crippen molar-refractivity contribution in [2.75, 3.05) is 7.11 Å². The van der Waals surface area contributed by atoms with E-state index in [1.807, 2.05) is 18.2 Å². The summed E-state index contributed by atoms with van der Waals surface area (Å²) in [4.78, 5) is 0. The quantitative estimate of drug-likeness (QED) is 0.847. The molecule has 0 aliphatic heterocycles. The Kier molecular flexibility index (Phi) is 3.12. The maximum atomic E-state index is 9.33. The van der Waals surface area contributed by atoms with Crippen molar-refractivity contribution in [3.05, 3.63) is 28.2 Å². The average molecular weight is 231 g/mol. The molecule has 0 spiro atoms. The lowest BCUT2D eigenvalue weighted by Gasteiger charge is -2.10. The SMILES string of the molecule is COc1cc(Br)ccc1[C@H](C)O. The smallest absolute Gasteiger partial charge is 0.125 e. The Balaban J connectivity index is 3.11. The van der Waals surface area contributed by atoms with Crippen LogP contribution in [0.5, 0.6) is 5.75 Å². The molecule has 0 aliphatic rings. The first-order valence-electron chi connectivity index (χ1n) is 3.66. The third-order valence-electron chi connectivity index (χ3n) is 1.65. The third-order valence-corrected chi connectivity index (χ3v) is 2.14. The van der Waals surface area contributed by atoms with E-state index in [4.69, 9.17) is 4.74 Å². The van der Waals surface area contributed by atoms with Gasteiger partial charge in [-0.2, -0.15) is 0 Å². The lowest BCUT2D eigenvalue weighted by Crippen LogP contribution is -1.95. The van der Waals surface area contributed by atoms with E-state index in [0.29, 0.717) is 5.75 Å². The number of hydrogen-bond donors (Lipinski definition) is 1. The molecule has 0 aromatic heterocycles. The van der Waals surface area contributed by atoms with Crippen LogP contribution in [0.1, 0.15) is 18.6 Å². The minimum atomic E-state index is -0.493. The summed E-state index contributed by atoms with van der Waals surface area (Å²) in [5, 5.41) is 9.33. The summed E-state index contributed by atoms with van der Waals surface area (Å²) in [7, 11) is 1.59. The van der Waals surface area contributed by atoms with Gasteiger partial charge in [0.25, 0.3) is 0 Å². The van der Waals surface area contributed by atoms with Gasteiger partial charge in [0.15, 0.2) is 0 Å². The molecule has 1 aromatic carbocycles. The van der Waals surface area contributed by atoms with Crippen molar-refractivity contribution in [2.24, 2.45) is 0 Å². The molecule has 0 aliphatic carbocycles. The molecule has 0 unspecified atom stereocenters. The number of methoxy groups -OCH3 is 1. The highest BCUT2D eigenvalue weighted by Crippen LogP contribution is 2.27. The molecule has 0 heterocycles. The molecule has 0 amide bonds. The fraction of sp³-hybridized carbons (Fsp3) is 0.333. The molecule has 0 bridgehead atoms. The standard InChI is InChI=1S/C9H11BrO2/c1-6(11)8-4-3-7(10)5-9(8)12-2/h3-6,11H,1-2H3/t6-/m0/s1. The van der Waals surface area contributed by atoms with Gasteiger partial charge < -0.3 is 9.84 Å². The first-order chi connectivity index (χ1) is 5.65. The van der Waals surface area contributed by atoms with E-state index in [9.17, 15) is 5.11 Å². The highest BCUT2D eigenvalue weighted by molar-refractivity contribution is 9.10. The molecule has 1 atom stereocenters. The average Bonchev–Trinajstić information content (AvgIpc) is 2.03. The van der Waals surface area contributed by atoms with Crippen LogP contribution in [0.4, 0.5) is 0 Å². The Labute approximate surface area is 80.3 Å². The zero-order chi connectivity index (χ0) is 9.14. The first-order valence-corrected chi connectivity index (χ1v) is 4.46. The topological polar surface area (TPSA) is 29.5 Å². The lowest BCUT2D eigenvalue weighted by molar-refractivity contribution is 0.194. The second kappa shape index (κ2) is 3.92. The number of hydrogen-bond acceptors (Lipinski definition) is 2. The Bertz CT molecular complexity index is 271. The molecule has 66 valence electrons. The molecule has 12 heavy (non-hydrogen) atoms. The molecule has 0 saturated heterocycles. The maximum Gasteiger partial charge on any atom is 0.125 e. The molecule has 2 nitrogen and oxygen atoms in total. The van der Waals surface area contributed by atoms with Crippen LogP contribution >= 0.6 is 15.9 Å². The van der Waals surface area contributed by atoms with Crippen molar-refractivity contribution in [3.8, 4) is 5.75 Å². The zero-order valence-corrected chi connectivity index (χ0v) is 8.63. The highest BCUT2D eigenvalue weighted by atomic mass is 79.9. The Morgan fingerprint density at radius 3 is 2.67 bits per heavy atom. The number of aliphatic hydroxyl groups is 1. The molecule has 0 fully saturated rings. The van der Waals surface area contributed by atoms with Crippen molar-refractivity contribution in [3.63, 3.8) is 0 Å². The van der Waals surface area contributed by atoms with Crippen LogP contribution in [0.2, 0.25) is 0 Å². The molecule has 1 N–H and O–H groups in total. The Hall–Kier alpha value is -0.540. The normalized spacial score (nSPS) is 12.7. The zero-order valence-electron chi connectivity index (χ0n) is 7.04. The molecular weight excluding hydrogens is 220 g/mol. The molecule has 0 radical (unpaired) electrons. The Morgan fingerprint density at radius 2 is 2.17 bits per heavy atom. The first kappa shape index (κ1) is 9.55. The van der Waals surface area contributed by atoms with E-state index in [-0.39, 0.29) is 0 Å². The molecule has 0 saturated carbocycles. The van der Waals surface area contributed by atoms with E-state index in [2.05, 4.69) is 15.9 Å². The molecule has 1 rings (SSSR count). The third kappa shape index (κ3) is 1.99. The summed E-state index contributed by atoms with van der Waals surface area (Å²) in [6.45, 7) is 1.71. The predicted molar refractivity (Wildman–Crippen MR) is 51.3 cm³/mol. The molecular formula is C9H11BrO2. The molecule has 3 heteroatoms. The number of rotatable bonds is 2. The van der Waals surface area contributed by atoms with Crippen molar-refractivity contribution in [2.45, 2.75) is 13.0 Å². The van der Waals surface area contributed by atoms with E-state index in [1.54, 1.807) is 14.0 Å². The van der Waals surface area contributed by atoms with Gasteiger partial charge in [0.2, 0.25) is 0 Å². The van der Waals surface area contributed by atoms with Gasteiger partial charge in [0, 0.05) is 10.0 Å². The summed E-state index contributed by atoms with van der Waals surface area (Å²) in [6, 6.07) is 5.56. The van der Waals surface area contributed by atoms with Crippen molar-refractivity contribution in [1.29, 1.82) is 0 Å². The summed E-state index contributed by atoms with van der Waals surface area (Å²) in [5.41, 5.74) is 0.806. The number of aliphatic hydroxyl groups excluding tert-OH is 1. The van der Waals surface area contributed by atoms with Gasteiger partial charge in [-0.1, -0.05) is 22.0 Å². The van der Waals surface area contributed by atoms with Gasteiger partial charge >= 0.3 is 0 Å². The van der Waals surface area contributed by atoms with Crippen LogP contribution in [-0.2, 0) is 0 Å². The number of ether oxygens (including phenoxy) is 1. The second-order valence-corrected chi connectivity index (χ2v) is 3.48. The summed E-state index contributed by atoms with van der Waals surface area (Å²) in [6.07, 6.45) is -0.493. The minimum Gasteiger partial charge on any atom is -0.496 e. The van der Waals surface area contributed by atoms with Crippen LogP contribution in [0.3, 0.4) is 0 Å². The summed E-state index contributed by atoms with van der Waals surface area (Å²) < 4.78 is 6.05.